The Labute approximate surface area is 174 Å². The van der Waals surface area contributed by atoms with E-state index < -0.39 is 35.4 Å². The summed E-state index contributed by atoms with van der Waals surface area (Å²) in [5.74, 6) is -1.98. The van der Waals surface area contributed by atoms with Crippen molar-refractivity contribution in [1.82, 2.24) is 5.32 Å². The van der Waals surface area contributed by atoms with Gasteiger partial charge in [0.1, 0.15) is 11.7 Å². The molecule has 0 aliphatic carbocycles. The Balaban J connectivity index is 2.01. The van der Waals surface area contributed by atoms with Crippen LogP contribution in [0.1, 0.15) is 43.5 Å². The van der Waals surface area contributed by atoms with Crippen LogP contribution in [0.25, 0.3) is 0 Å². The number of anilines is 1. The molecule has 1 heterocycles. The van der Waals surface area contributed by atoms with E-state index in [2.05, 4.69) is 10.1 Å². The average Bonchev–Trinajstić information content (AvgIpc) is 3.24. The molecule has 1 aromatic rings. The summed E-state index contributed by atoms with van der Waals surface area (Å²) < 4.78 is 9.64. The van der Waals surface area contributed by atoms with Crippen LogP contribution in [0.4, 0.5) is 11.4 Å². The lowest BCUT2D eigenvalue weighted by Crippen LogP contribution is -2.44. The van der Waals surface area contributed by atoms with E-state index in [1.165, 1.54) is 19.2 Å². The molecule has 1 fully saturated rings. The Morgan fingerprint density at radius 1 is 1.23 bits per heavy atom. The molecule has 10 nitrogen and oxygen atoms in total. The summed E-state index contributed by atoms with van der Waals surface area (Å²) in [4.78, 5) is 48.9. The maximum Gasteiger partial charge on any atom is 0.338 e. The quantitative estimate of drug-likeness (QED) is 0.364. The van der Waals surface area contributed by atoms with E-state index in [1.54, 1.807) is 0 Å². The minimum absolute atomic E-state index is 0.0239. The zero-order chi connectivity index (χ0) is 22.3. The largest absolute Gasteiger partial charge is 0.467 e. The Morgan fingerprint density at radius 3 is 2.47 bits per heavy atom. The van der Waals surface area contributed by atoms with Crippen molar-refractivity contribution in [3.63, 3.8) is 0 Å². The fourth-order valence-electron chi connectivity index (χ4n) is 3.30. The summed E-state index contributed by atoms with van der Waals surface area (Å²) in [6.07, 6.45) is 2.29. The van der Waals surface area contributed by atoms with Gasteiger partial charge in [0.05, 0.1) is 17.6 Å². The van der Waals surface area contributed by atoms with E-state index in [0.717, 1.165) is 32.0 Å². The minimum Gasteiger partial charge on any atom is -0.467 e. The predicted octanol–water partition coefficient (Wildman–Crippen LogP) is 2.06. The molecule has 164 valence electrons. The highest BCUT2D eigenvalue weighted by molar-refractivity contribution is 5.93. The van der Waals surface area contributed by atoms with Gasteiger partial charge in [0.2, 0.25) is 0 Å². The van der Waals surface area contributed by atoms with Crippen LogP contribution < -0.4 is 10.2 Å². The molecule has 1 aliphatic rings. The number of amides is 1. The van der Waals surface area contributed by atoms with Crippen molar-refractivity contribution in [3.8, 4) is 0 Å². The molecule has 0 unspecified atom stereocenters. The van der Waals surface area contributed by atoms with Crippen LogP contribution >= 0.6 is 0 Å². The molecular formula is C20H27N3O7. The number of hydrogen-bond donors (Lipinski definition) is 1. The molecule has 2 rings (SSSR count). The second kappa shape index (κ2) is 10.6. The second-order valence-corrected chi connectivity index (χ2v) is 7.50. The van der Waals surface area contributed by atoms with Gasteiger partial charge >= 0.3 is 11.9 Å². The summed E-state index contributed by atoms with van der Waals surface area (Å²) in [5, 5.41) is 13.9. The number of methoxy groups -OCH3 is 1. The van der Waals surface area contributed by atoms with Gasteiger partial charge < -0.3 is 19.7 Å². The number of nitrogens with zero attached hydrogens (tertiary/aromatic N) is 2. The SMILES string of the molecule is COC(=O)[C@@H](CC(C)C)NC(=O)COC(=O)c1ccc(N2CCCC2)c([N+](=O)[O-])c1. The fourth-order valence-corrected chi connectivity index (χ4v) is 3.30. The summed E-state index contributed by atoms with van der Waals surface area (Å²) >= 11 is 0. The number of hydrogen-bond acceptors (Lipinski definition) is 8. The Hall–Kier alpha value is -3.17. The minimum atomic E-state index is -0.861. The normalized spacial score (nSPS) is 14.3. The zero-order valence-electron chi connectivity index (χ0n) is 17.4. The van der Waals surface area contributed by atoms with E-state index in [-0.39, 0.29) is 17.2 Å². The topological polar surface area (TPSA) is 128 Å². The number of nitrogens with one attached hydrogen (secondary N) is 1. The van der Waals surface area contributed by atoms with Gasteiger partial charge in [-0.25, -0.2) is 9.59 Å². The third-order valence-corrected chi connectivity index (χ3v) is 4.72. The number of carbonyl (C=O) groups excluding carboxylic acids is 3. The smallest absolute Gasteiger partial charge is 0.338 e. The summed E-state index contributed by atoms with van der Waals surface area (Å²) in [5.41, 5.74) is 0.254. The van der Waals surface area contributed by atoms with E-state index in [9.17, 15) is 24.5 Å². The van der Waals surface area contributed by atoms with Gasteiger partial charge in [-0.1, -0.05) is 13.8 Å². The number of carbonyl (C=O) groups is 3. The highest BCUT2D eigenvalue weighted by atomic mass is 16.6. The van der Waals surface area contributed by atoms with E-state index in [0.29, 0.717) is 12.1 Å². The first-order valence-corrected chi connectivity index (χ1v) is 9.80. The first-order chi connectivity index (χ1) is 14.2. The summed E-state index contributed by atoms with van der Waals surface area (Å²) in [6, 6.07) is 3.28. The molecule has 1 atom stereocenters. The van der Waals surface area contributed by atoms with Crippen LogP contribution in [0.3, 0.4) is 0 Å². The van der Waals surface area contributed by atoms with Crippen molar-refractivity contribution in [3.05, 3.63) is 33.9 Å². The number of esters is 2. The van der Waals surface area contributed by atoms with Gasteiger partial charge in [0, 0.05) is 19.2 Å². The van der Waals surface area contributed by atoms with Crippen LogP contribution in [-0.2, 0) is 19.1 Å². The first-order valence-electron chi connectivity index (χ1n) is 9.80. The predicted molar refractivity (Wildman–Crippen MR) is 108 cm³/mol. The molecule has 0 bridgehead atoms. The molecule has 1 aromatic carbocycles. The van der Waals surface area contributed by atoms with Crippen LogP contribution in [0.5, 0.6) is 0 Å². The number of nitro benzene ring substituents is 1. The van der Waals surface area contributed by atoms with Gasteiger partial charge in [-0.2, -0.15) is 0 Å². The Bertz CT molecular complexity index is 804. The van der Waals surface area contributed by atoms with E-state index in [1.807, 2.05) is 18.7 Å². The van der Waals surface area contributed by atoms with Gasteiger partial charge in [0.15, 0.2) is 6.61 Å². The number of ether oxygens (including phenoxy) is 2. The average molecular weight is 421 g/mol. The number of benzene rings is 1. The van der Waals surface area contributed by atoms with Crippen LogP contribution in [-0.4, -0.2) is 55.6 Å². The molecule has 0 spiro atoms. The summed E-state index contributed by atoms with van der Waals surface area (Å²) in [6.45, 7) is 4.61. The van der Waals surface area contributed by atoms with Crippen LogP contribution in [0, 0.1) is 16.0 Å². The second-order valence-electron chi connectivity index (χ2n) is 7.50. The van der Waals surface area contributed by atoms with E-state index >= 15 is 0 Å². The van der Waals surface area contributed by atoms with Gasteiger partial charge in [-0.15, -0.1) is 0 Å². The number of rotatable bonds is 9. The molecule has 1 N–H and O–H groups in total. The monoisotopic (exact) mass is 421 g/mol. The maximum atomic E-state index is 12.3. The molecule has 1 aliphatic heterocycles. The molecule has 10 heteroatoms. The molecule has 1 saturated heterocycles. The molecule has 0 aromatic heterocycles. The Morgan fingerprint density at radius 2 is 1.90 bits per heavy atom. The molecular weight excluding hydrogens is 394 g/mol. The van der Waals surface area contributed by atoms with Crippen molar-refractivity contribution < 1.29 is 28.8 Å². The zero-order valence-corrected chi connectivity index (χ0v) is 17.4. The van der Waals surface area contributed by atoms with Gasteiger partial charge in [-0.05, 0) is 37.3 Å². The Kier molecular flexibility index (Phi) is 8.14. The summed E-state index contributed by atoms with van der Waals surface area (Å²) in [7, 11) is 1.22. The molecule has 0 radical (unpaired) electrons. The highest BCUT2D eigenvalue weighted by Gasteiger charge is 2.26. The lowest BCUT2D eigenvalue weighted by Gasteiger charge is -2.18. The molecule has 1 amide bonds. The number of nitro groups is 1. The van der Waals surface area contributed by atoms with Crippen LogP contribution in [0.2, 0.25) is 0 Å². The van der Waals surface area contributed by atoms with Crippen molar-refractivity contribution in [2.75, 3.05) is 31.7 Å². The maximum absolute atomic E-state index is 12.3. The molecule has 0 saturated carbocycles. The molecule has 30 heavy (non-hydrogen) atoms. The van der Waals surface area contributed by atoms with E-state index in [4.69, 9.17) is 4.74 Å². The highest BCUT2D eigenvalue weighted by Crippen LogP contribution is 2.31. The lowest BCUT2D eigenvalue weighted by molar-refractivity contribution is -0.384. The van der Waals surface area contributed by atoms with Crippen molar-refractivity contribution in [1.29, 1.82) is 0 Å². The van der Waals surface area contributed by atoms with Gasteiger partial charge in [-0.3, -0.25) is 14.9 Å². The third-order valence-electron chi connectivity index (χ3n) is 4.72. The first kappa shape index (κ1) is 23.1. The standard InChI is InChI=1S/C20H27N3O7/c1-13(2)10-15(20(26)29-3)21-18(24)12-30-19(25)14-6-7-16(17(11-14)23(27)28)22-8-4-5-9-22/h6-7,11,13,15H,4-5,8-10,12H2,1-3H3,(H,21,24)/t15-/m1/s1. The van der Waals surface area contributed by atoms with Crippen molar-refractivity contribution in [2.45, 2.75) is 39.2 Å². The van der Waals surface area contributed by atoms with Crippen molar-refractivity contribution >= 4 is 29.2 Å². The third kappa shape index (κ3) is 6.16. The lowest BCUT2D eigenvalue weighted by atomic mass is 10.0. The van der Waals surface area contributed by atoms with Gasteiger partial charge in [0.25, 0.3) is 11.6 Å². The fraction of sp³-hybridized carbons (Fsp3) is 0.550. The van der Waals surface area contributed by atoms with Crippen LogP contribution in [0.15, 0.2) is 18.2 Å². The van der Waals surface area contributed by atoms with Crippen molar-refractivity contribution in [2.24, 2.45) is 5.92 Å².